The molecule has 18 heavy (non-hydrogen) atoms. The van der Waals surface area contributed by atoms with Crippen molar-refractivity contribution < 1.29 is 10.2 Å². The van der Waals surface area contributed by atoms with E-state index in [-0.39, 0.29) is 6.61 Å². The van der Waals surface area contributed by atoms with Crippen molar-refractivity contribution in [1.29, 1.82) is 0 Å². The Morgan fingerprint density at radius 2 is 1.39 bits per heavy atom. The van der Waals surface area contributed by atoms with Gasteiger partial charge in [-0.1, -0.05) is 36.4 Å². The second-order valence-corrected chi connectivity index (χ2v) is 4.40. The molecule has 0 fully saturated rings. The lowest BCUT2D eigenvalue weighted by atomic mass is 10.2. The lowest BCUT2D eigenvalue weighted by Gasteiger charge is -2.14. The Bertz CT molecular complexity index is 634. The van der Waals surface area contributed by atoms with Gasteiger partial charge in [0, 0.05) is 23.8 Å². The Kier molecular flexibility index (Phi) is 2.78. The van der Waals surface area contributed by atoms with Crippen molar-refractivity contribution in [2.75, 3.05) is 6.61 Å². The highest BCUT2D eigenvalue weighted by Gasteiger charge is 2.14. The maximum absolute atomic E-state index is 10.2. The molecule has 0 amide bonds. The van der Waals surface area contributed by atoms with Crippen molar-refractivity contribution in [3.8, 4) is 0 Å². The molecular weight excluding hydrogens is 226 g/mol. The SMILES string of the molecule is OCCC(O)n1c2ccccc2c2ccccc21. The van der Waals surface area contributed by atoms with Gasteiger partial charge in [-0.2, -0.15) is 0 Å². The van der Waals surface area contributed by atoms with Crippen molar-refractivity contribution >= 4 is 21.8 Å². The van der Waals surface area contributed by atoms with Crippen molar-refractivity contribution in [3.05, 3.63) is 48.5 Å². The number of hydrogen-bond acceptors (Lipinski definition) is 2. The average molecular weight is 241 g/mol. The number of benzene rings is 2. The van der Waals surface area contributed by atoms with Crippen LogP contribution in [0.1, 0.15) is 12.6 Å². The van der Waals surface area contributed by atoms with Gasteiger partial charge in [0.2, 0.25) is 0 Å². The summed E-state index contributed by atoms with van der Waals surface area (Å²) in [6, 6.07) is 16.0. The van der Waals surface area contributed by atoms with E-state index in [0.717, 1.165) is 21.8 Å². The zero-order valence-electron chi connectivity index (χ0n) is 9.95. The molecule has 0 saturated carbocycles. The van der Waals surface area contributed by atoms with Crippen molar-refractivity contribution in [2.24, 2.45) is 0 Å². The summed E-state index contributed by atoms with van der Waals surface area (Å²) in [5.41, 5.74) is 2.00. The van der Waals surface area contributed by atoms with Gasteiger partial charge in [0.05, 0.1) is 11.0 Å². The van der Waals surface area contributed by atoms with Crippen LogP contribution in [0.2, 0.25) is 0 Å². The topological polar surface area (TPSA) is 45.4 Å². The zero-order valence-corrected chi connectivity index (χ0v) is 9.95. The monoisotopic (exact) mass is 241 g/mol. The Morgan fingerprint density at radius 1 is 0.889 bits per heavy atom. The van der Waals surface area contributed by atoms with Crippen LogP contribution < -0.4 is 0 Å². The molecule has 0 aliphatic carbocycles. The van der Waals surface area contributed by atoms with E-state index >= 15 is 0 Å². The molecule has 2 aromatic carbocycles. The van der Waals surface area contributed by atoms with Gasteiger partial charge in [-0.25, -0.2) is 0 Å². The van der Waals surface area contributed by atoms with Crippen LogP contribution in [-0.4, -0.2) is 21.4 Å². The normalized spacial score (nSPS) is 13.2. The molecule has 3 rings (SSSR count). The zero-order chi connectivity index (χ0) is 12.5. The van der Waals surface area contributed by atoms with Crippen LogP contribution in [0.4, 0.5) is 0 Å². The van der Waals surface area contributed by atoms with Crippen molar-refractivity contribution in [3.63, 3.8) is 0 Å². The third-order valence-electron chi connectivity index (χ3n) is 3.30. The molecule has 2 N–H and O–H groups in total. The van der Waals surface area contributed by atoms with E-state index in [1.807, 2.05) is 41.0 Å². The molecule has 3 nitrogen and oxygen atoms in total. The largest absolute Gasteiger partial charge is 0.396 e. The Hall–Kier alpha value is -1.84. The highest BCUT2D eigenvalue weighted by molar-refractivity contribution is 6.08. The minimum atomic E-state index is -0.695. The summed E-state index contributed by atoms with van der Waals surface area (Å²) in [7, 11) is 0. The van der Waals surface area contributed by atoms with Gasteiger partial charge in [0.25, 0.3) is 0 Å². The fourth-order valence-electron chi connectivity index (χ4n) is 2.52. The molecule has 1 heterocycles. The van der Waals surface area contributed by atoms with E-state index < -0.39 is 6.23 Å². The van der Waals surface area contributed by atoms with Crippen LogP contribution in [0.5, 0.6) is 0 Å². The summed E-state index contributed by atoms with van der Waals surface area (Å²) in [5.74, 6) is 0. The van der Waals surface area contributed by atoms with Crippen LogP contribution in [0, 0.1) is 0 Å². The van der Waals surface area contributed by atoms with E-state index in [4.69, 9.17) is 5.11 Å². The second-order valence-electron chi connectivity index (χ2n) is 4.40. The van der Waals surface area contributed by atoms with Gasteiger partial charge < -0.3 is 14.8 Å². The van der Waals surface area contributed by atoms with Crippen LogP contribution in [-0.2, 0) is 0 Å². The van der Waals surface area contributed by atoms with Crippen molar-refractivity contribution in [1.82, 2.24) is 4.57 Å². The Balaban J connectivity index is 2.38. The van der Waals surface area contributed by atoms with Crippen LogP contribution >= 0.6 is 0 Å². The molecular formula is C15H15NO2. The maximum Gasteiger partial charge on any atom is 0.133 e. The smallest absolute Gasteiger partial charge is 0.133 e. The van der Waals surface area contributed by atoms with Gasteiger partial charge in [0.1, 0.15) is 6.23 Å². The van der Waals surface area contributed by atoms with Crippen LogP contribution in [0.15, 0.2) is 48.5 Å². The minimum Gasteiger partial charge on any atom is -0.396 e. The standard InChI is InChI=1S/C15H15NO2/c17-10-9-15(18)16-13-7-3-1-5-11(13)12-6-2-4-8-14(12)16/h1-8,15,17-18H,9-10H2. The Labute approximate surface area is 105 Å². The molecule has 0 aliphatic rings. The molecule has 0 spiro atoms. The minimum absolute atomic E-state index is 0.0258. The summed E-state index contributed by atoms with van der Waals surface area (Å²) in [6.45, 7) is -0.0258. The second kappa shape index (κ2) is 4.44. The summed E-state index contributed by atoms with van der Waals surface area (Å²) < 4.78 is 1.89. The number of rotatable bonds is 3. The molecule has 1 atom stereocenters. The first-order valence-electron chi connectivity index (χ1n) is 6.09. The number of aromatic nitrogens is 1. The summed E-state index contributed by atoms with van der Waals surface area (Å²) in [4.78, 5) is 0. The quantitative estimate of drug-likeness (QED) is 0.740. The third kappa shape index (κ3) is 1.60. The van der Waals surface area contributed by atoms with Gasteiger partial charge in [-0.3, -0.25) is 0 Å². The van der Waals surface area contributed by atoms with E-state index in [9.17, 15) is 5.11 Å². The molecule has 3 aromatic rings. The Morgan fingerprint density at radius 3 is 1.89 bits per heavy atom. The van der Waals surface area contributed by atoms with Gasteiger partial charge >= 0.3 is 0 Å². The molecule has 0 bridgehead atoms. The number of aliphatic hydroxyl groups is 2. The first-order valence-corrected chi connectivity index (χ1v) is 6.09. The molecule has 92 valence electrons. The predicted octanol–water partition coefficient (Wildman–Crippen LogP) is 2.67. The van der Waals surface area contributed by atoms with Gasteiger partial charge in [0.15, 0.2) is 0 Å². The summed E-state index contributed by atoms with van der Waals surface area (Å²) in [5, 5.41) is 21.5. The highest BCUT2D eigenvalue weighted by Crippen LogP contribution is 2.31. The fraction of sp³-hybridized carbons (Fsp3) is 0.200. The number of fused-ring (bicyclic) bond motifs is 3. The molecule has 1 aromatic heterocycles. The van der Waals surface area contributed by atoms with Crippen molar-refractivity contribution in [2.45, 2.75) is 12.6 Å². The van der Waals surface area contributed by atoms with Crippen LogP contribution in [0.3, 0.4) is 0 Å². The lowest BCUT2D eigenvalue weighted by molar-refractivity contribution is 0.0805. The van der Waals surface area contributed by atoms with E-state index in [1.54, 1.807) is 0 Å². The first-order chi connectivity index (χ1) is 8.83. The lowest BCUT2D eigenvalue weighted by Crippen LogP contribution is -2.09. The number of hydrogen-bond donors (Lipinski definition) is 2. The molecule has 0 aliphatic heterocycles. The third-order valence-corrected chi connectivity index (χ3v) is 3.30. The molecule has 0 saturated heterocycles. The van der Waals surface area contributed by atoms with E-state index in [1.165, 1.54) is 0 Å². The maximum atomic E-state index is 10.2. The fourth-order valence-corrected chi connectivity index (χ4v) is 2.52. The van der Waals surface area contributed by atoms with Gasteiger partial charge in [-0.15, -0.1) is 0 Å². The predicted molar refractivity (Wildman–Crippen MR) is 72.4 cm³/mol. The molecule has 1 unspecified atom stereocenters. The van der Waals surface area contributed by atoms with Gasteiger partial charge in [-0.05, 0) is 12.1 Å². The number of nitrogens with zero attached hydrogens (tertiary/aromatic N) is 1. The van der Waals surface area contributed by atoms with E-state index in [2.05, 4.69) is 12.1 Å². The van der Waals surface area contributed by atoms with E-state index in [0.29, 0.717) is 6.42 Å². The highest BCUT2D eigenvalue weighted by atomic mass is 16.3. The number of aliphatic hydroxyl groups excluding tert-OH is 2. The molecule has 3 heteroatoms. The summed E-state index contributed by atoms with van der Waals surface area (Å²) in [6.07, 6.45) is -0.359. The summed E-state index contributed by atoms with van der Waals surface area (Å²) >= 11 is 0. The first kappa shape index (κ1) is 11.3. The van der Waals surface area contributed by atoms with Crippen LogP contribution in [0.25, 0.3) is 21.8 Å². The number of para-hydroxylation sites is 2. The molecule has 0 radical (unpaired) electrons. The average Bonchev–Trinajstić information content (AvgIpc) is 2.73.